The van der Waals surface area contributed by atoms with Crippen molar-refractivity contribution in [1.29, 1.82) is 5.26 Å². The standard InChI is InChI=1S/C14H21N3O2S/c1-3-4-5-13(10-16)17-20(18,19)14-7-6-12(9-15)8-11(14)2/h6-8,13,17H,3-5,10,16H2,1-2H3/t13-/m1/s1. The zero-order chi connectivity index (χ0) is 15.2. The second kappa shape index (κ2) is 7.39. The second-order valence-electron chi connectivity index (χ2n) is 4.79. The Morgan fingerprint density at radius 2 is 2.15 bits per heavy atom. The molecular formula is C14H21N3O2S. The van der Waals surface area contributed by atoms with Crippen molar-refractivity contribution >= 4 is 10.0 Å². The van der Waals surface area contributed by atoms with E-state index >= 15 is 0 Å². The number of aryl methyl sites for hydroxylation is 1. The summed E-state index contributed by atoms with van der Waals surface area (Å²) >= 11 is 0. The molecule has 110 valence electrons. The Hall–Kier alpha value is -1.42. The van der Waals surface area contributed by atoms with Crippen LogP contribution in [0.3, 0.4) is 0 Å². The first-order valence-corrected chi connectivity index (χ1v) is 8.16. The number of benzene rings is 1. The summed E-state index contributed by atoms with van der Waals surface area (Å²) < 4.78 is 27.3. The maximum atomic E-state index is 12.3. The molecule has 0 radical (unpaired) electrons. The third-order valence-corrected chi connectivity index (χ3v) is 4.79. The van der Waals surface area contributed by atoms with Gasteiger partial charge in [-0.25, -0.2) is 13.1 Å². The molecule has 0 aliphatic heterocycles. The first kappa shape index (κ1) is 16.6. The molecule has 0 unspecified atom stereocenters. The van der Waals surface area contributed by atoms with Gasteiger partial charge in [0, 0.05) is 12.6 Å². The first-order chi connectivity index (χ1) is 9.44. The molecule has 0 saturated carbocycles. The molecule has 0 heterocycles. The molecule has 1 aromatic carbocycles. The van der Waals surface area contributed by atoms with Crippen molar-refractivity contribution in [1.82, 2.24) is 4.72 Å². The minimum atomic E-state index is -3.60. The zero-order valence-electron chi connectivity index (χ0n) is 11.9. The number of nitrogens with one attached hydrogen (secondary N) is 1. The van der Waals surface area contributed by atoms with E-state index in [1.807, 2.05) is 13.0 Å². The lowest BCUT2D eigenvalue weighted by Gasteiger charge is -2.17. The van der Waals surface area contributed by atoms with Crippen LogP contribution in [0.5, 0.6) is 0 Å². The Labute approximate surface area is 120 Å². The monoisotopic (exact) mass is 295 g/mol. The van der Waals surface area contributed by atoms with Crippen molar-refractivity contribution in [3.05, 3.63) is 29.3 Å². The second-order valence-corrected chi connectivity index (χ2v) is 6.47. The molecule has 0 spiro atoms. The third-order valence-electron chi connectivity index (χ3n) is 3.11. The Morgan fingerprint density at radius 3 is 2.65 bits per heavy atom. The fourth-order valence-electron chi connectivity index (χ4n) is 1.98. The van der Waals surface area contributed by atoms with Gasteiger partial charge in [-0.05, 0) is 37.1 Å². The highest BCUT2D eigenvalue weighted by atomic mass is 32.2. The van der Waals surface area contributed by atoms with Gasteiger partial charge in [-0.15, -0.1) is 0 Å². The number of nitrogens with zero attached hydrogens (tertiary/aromatic N) is 1. The lowest BCUT2D eigenvalue weighted by Crippen LogP contribution is -2.40. The predicted molar refractivity (Wildman–Crippen MR) is 78.6 cm³/mol. The van der Waals surface area contributed by atoms with Crippen LogP contribution in [0.4, 0.5) is 0 Å². The molecule has 0 aromatic heterocycles. The Morgan fingerprint density at radius 1 is 1.45 bits per heavy atom. The van der Waals surface area contributed by atoms with Gasteiger partial charge in [0.1, 0.15) is 0 Å². The molecule has 0 saturated heterocycles. The molecule has 5 nitrogen and oxygen atoms in total. The fraction of sp³-hybridized carbons (Fsp3) is 0.500. The summed E-state index contributed by atoms with van der Waals surface area (Å²) in [7, 11) is -3.60. The van der Waals surface area contributed by atoms with Crippen LogP contribution < -0.4 is 10.5 Å². The molecule has 20 heavy (non-hydrogen) atoms. The van der Waals surface area contributed by atoms with Gasteiger partial charge in [-0.1, -0.05) is 19.8 Å². The van der Waals surface area contributed by atoms with Crippen LogP contribution in [0, 0.1) is 18.3 Å². The van der Waals surface area contributed by atoms with Gasteiger partial charge in [0.2, 0.25) is 10.0 Å². The Kier molecular flexibility index (Phi) is 6.14. The van der Waals surface area contributed by atoms with E-state index in [-0.39, 0.29) is 17.5 Å². The lowest BCUT2D eigenvalue weighted by atomic mass is 10.1. The minimum Gasteiger partial charge on any atom is -0.329 e. The van der Waals surface area contributed by atoms with Crippen LogP contribution >= 0.6 is 0 Å². The van der Waals surface area contributed by atoms with Crippen LogP contribution in [-0.2, 0) is 10.0 Å². The van der Waals surface area contributed by atoms with E-state index in [0.29, 0.717) is 11.1 Å². The summed E-state index contributed by atoms with van der Waals surface area (Å²) in [6.07, 6.45) is 2.65. The molecule has 0 amide bonds. The van der Waals surface area contributed by atoms with Gasteiger partial charge in [-0.3, -0.25) is 0 Å². The van der Waals surface area contributed by atoms with Crippen molar-refractivity contribution in [3.8, 4) is 6.07 Å². The number of unbranched alkanes of at least 4 members (excludes halogenated alkanes) is 1. The van der Waals surface area contributed by atoms with E-state index in [9.17, 15) is 8.42 Å². The van der Waals surface area contributed by atoms with E-state index in [1.165, 1.54) is 12.1 Å². The highest BCUT2D eigenvalue weighted by Crippen LogP contribution is 2.17. The van der Waals surface area contributed by atoms with E-state index < -0.39 is 10.0 Å². The average molecular weight is 295 g/mol. The average Bonchev–Trinajstić information content (AvgIpc) is 2.42. The van der Waals surface area contributed by atoms with Crippen LogP contribution in [0.15, 0.2) is 23.1 Å². The fourth-order valence-corrected chi connectivity index (χ4v) is 3.49. The van der Waals surface area contributed by atoms with Crippen molar-refractivity contribution in [2.45, 2.75) is 44.0 Å². The predicted octanol–water partition coefficient (Wildman–Crippen LogP) is 1.66. The zero-order valence-corrected chi connectivity index (χ0v) is 12.7. The SMILES string of the molecule is CCCC[C@H](CN)NS(=O)(=O)c1ccc(C#N)cc1C. The lowest BCUT2D eigenvalue weighted by molar-refractivity contribution is 0.516. The minimum absolute atomic E-state index is 0.200. The van der Waals surface area contributed by atoms with E-state index in [2.05, 4.69) is 4.72 Å². The Bertz CT molecular complexity index is 591. The maximum absolute atomic E-state index is 12.3. The van der Waals surface area contributed by atoms with E-state index in [0.717, 1.165) is 19.3 Å². The van der Waals surface area contributed by atoms with Gasteiger partial charge in [0.25, 0.3) is 0 Å². The molecule has 1 rings (SSSR count). The molecule has 6 heteroatoms. The molecule has 1 aromatic rings. The highest BCUT2D eigenvalue weighted by Gasteiger charge is 2.20. The number of nitrogens with two attached hydrogens (primary N) is 1. The number of rotatable bonds is 7. The number of nitriles is 1. The van der Waals surface area contributed by atoms with Crippen molar-refractivity contribution < 1.29 is 8.42 Å². The summed E-state index contributed by atoms with van der Waals surface area (Å²) in [5, 5.41) is 8.80. The molecule has 0 fully saturated rings. The van der Waals surface area contributed by atoms with Gasteiger partial charge >= 0.3 is 0 Å². The van der Waals surface area contributed by atoms with Crippen LogP contribution in [0.2, 0.25) is 0 Å². The number of hydrogen-bond acceptors (Lipinski definition) is 4. The topological polar surface area (TPSA) is 96.0 Å². The molecule has 0 aliphatic rings. The quantitative estimate of drug-likeness (QED) is 0.799. The number of hydrogen-bond donors (Lipinski definition) is 2. The summed E-state index contributed by atoms with van der Waals surface area (Å²) in [6, 6.07) is 6.27. The van der Waals surface area contributed by atoms with Crippen molar-refractivity contribution in [3.63, 3.8) is 0 Å². The van der Waals surface area contributed by atoms with Crippen molar-refractivity contribution in [2.75, 3.05) is 6.54 Å². The summed E-state index contributed by atoms with van der Waals surface area (Å²) in [4.78, 5) is 0.200. The Balaban J connectivity index is 2.96. The molecule has 3 N–H and O–H groups in total. The largest absolute Gasteiger partial charge is 0.329 e. The molecule has 1 atom stereocenters. The summed E-state index contributed by atoms with van der Waals surface area (Å²) in [6.45, 7) is 4.00. The molecule has 0 aliphatic carbocycles. The maximum Gasteiger partial charge on any atom is 0.241 e. The van der Waals surface area contributed by atoms with Gasteiger partial charge < -0.3 is 5.73 Å². The van der Waals surface area contributed by atoms with E-state index in [4.69, 9.17) is 11.0 Å². The van der Waals surface area contributed by atoms with Crippen LogP contribution in [-0.4, -0.2) is 21.0 Å². The summed E-state index contributed by atoms with van der Waals surface area (Å²) in [5.74, 6) is 0. The van der Waals surface area contributed by atoms with Crippen LogP contribution in [0.1, 0.15) is 37.3 Å². The third kappa shape index (κ3) is 4.30. The number of sulfonamides is 1. The smallest absolute Gasteiger partial charge is 0.241 e. The van der Waals surface area contributed by atoms with Gasteiger partial charge in [0.15, 0.2) is 0 Å². The highest BCUT2D eigenvalue weighted by molar-refractivity contribution is 7.89. The van der Waals surface area contributed by atoms with Crippen LogP contribution in [0.25, 0.3) is 0 Å². The normalized spacial score (nSPS) is 12.9. The summed E-state index contributed by atoms with van der Waals surface area (Å²) in [5.41, 5.74) is 6.62. The van der Waals surface area contributed by atoms with Gasteiger partial charge in [-0.2, -0.15) is 5.26 Å². The van der Waals surface area contributed by atoms with Gasteiger partial charge in [0.05, 0.1) is 16.5 Å². The molecule has 0 bridgehead atoms. The van der Waals surface area contributed by atoms with Crippen molar-refractivity contribution in [2.24, 2.45) is 5.73 Å². The molecular weight excluding hydrogens is 274 g/mol. The first-order valence-electron chi connectivity index (χ1n) is 6.67. The van der Waals surface area contributed by atoms with E-state index in [1.54, 1.807) is 13.0 Å².